The van der Waals surface area contributed by atoms with Gasteiger partial charge in [-0.05, 0) is 42.2 Å². The Morgan fingerprint density at radius 1 is 1.17 bits per heavy atom. The Morgan fingerprint density at radius 3 is 2.50 bits per heavy atom. The molecule has 1 amide bonds. The van der Waals surface area contributed by atoms with E-state index in [-0.39, 0.29) is 13.1 Å². The highest BCUT2D eigenvalue weighted by atomic mass is 19.4. The van der Waals surface area contributed by atoms with Crippen molar-refractivity contribution in [3.05, 3.63) is 87.3 Å². The number of halogens is 3. The van der Waals surface area contributed by atoms with E-state index >= 15 is 0 Å². The zero-order valence-electron chi connectivity index (χ0n) is 19.6. The number of aromatic nitrogens is 2. The Bertz CT molecular complexity index is 1300. The van der Waals surface area contributed by atoms with Crippen LogP contribution in [0.2, 0.25) is 0 Å². The molecular formula is C26H26F3N3O4. The molecule has 1 aromatic heterocycles. The Labute approximate surface area is 205 Å². The van der Waals surface area contributed by atoms with Gasteiger partial charge in [0.2, 0.25) is 0 Å². The first-order valence-electron chi connectivity index (χ1n) is 11.5. The lowest BCUT2D eigenvalue weighted by molar-refractivity contribution is -0.137. The molecule has 2 N–H and O–H groups in total. The van der Waals surface area contributed by atoms with Gasteiger partial charge in [0.15, 0.2) is 11.4 Å². The van der Waals surface area contributed by atoms with Crippen molar-refractivity contribution in [3.63, 3.8) is 0 Å². The lowest BCUT2D eigenvalue weighted by Gasteiger charge is -2.31. The summed E-state index contributed by atoms with van der Waals surface area (Å²) in [5.74, 6) is -0.763. The molecule has 0 radical (unpaired) electrons. The summed E-state index contributed by atoms with van der Waals surface area (Å²) in [4.78, 5) is 25.2. The van der Waals surface area contributed by atoms with Crippen molar-refractivity contribution in [2.24, 2.45) is 0 Å². The number of aromatic hydroxyl groups is 1. The first-order valence-corrected chi connectivity index (χ1v) is 11.5. The Balaban J connectivity index is 1.59. The number of hydrogen-bond donors (Lipinski definition) is 2. The second-order valence-corrected chi connectivity index (χ2v) is 8.99. The summed E-state index contributed by atoms with van der Waals surface area (Å²) in [6, 6.07) is 12.2. The quantitative estimate of drug-likeness (QED) is 0.500. The molecule has 1 aliphatic rings. The van der Waals surface area contributed by atoms with Gasteiger partial charge >= 0.3 is 6.18 Å². The molecule has 0 aliphatic heterocycles. The van der Waals surface area contributed by atoms with E-state index in [0.29, 0.717) is 24.2 Å². The van der Waals surface area contributed by atoms with Gasteiger partial charge in [0, 0.05) is 12.0 Å². The molecule has 7 nitrogen and oxygen atoms in total. The third-order valence-corrected chi connectivity index (χ3v) is 6.60. The van der Waals surface area contributed by atoms with Gasteiger partial charge in [-0.1, -0.05) is 43.2 Å². The highest BCUT2D eigenvalue weighted by molar-refractivity contribution is 5.92. The standard InChI is InChI=1S/C26H26F3N3O4/c1-36-20-9-7-17(8-10-20)14-30-24(35)22-23(34)21(33)15-32(31-22)16-25(11-2-3-12-25)18-5-4-6-19(13-18)26(27,28)29/h4-10,13,15,33H,2-3,11-12,14,16H2,1H3,(H,30,35). The van der Waals surface area contributed by atoms with E-state index in [2.05, 4.69) is 10.4 Å². The maximum Gasteiger partial charge on any atom is 0.416 e. The molecule has 0 bridgehead atoms. The van der Waals surface area contributed by atoms with E-state index in [4.69, 9.17) is 4.74 Å². The summed E-state index contributed by atoms with van der Waals surface area (Å²) < 4.78 is 46.4. The van der Waals surface area contributed by atoms with Crippen molar-refractivity contribution in [1.82, 2.24) is 15.1 Å². The molecule has 1 aliphatic carbocycles. The van der Waals surface area contributed by atoms with Gasteiger partial charge in [0.25, 0.3) is 11.3 Å². The summed E-state index contributed by atoms with van der Waals surface area (Å²) in [5.41, 5.74) is -1.54. The normalized spacial score (nSPS) is 15.0. The topological polar surface area (TPSA) is 93.4 Å². The first-order chi connectivity index (χ1) is 17.1. The third-order valence-electron chi connectivity index (χ3n) is 6.60. The van der Waals surface area contributed by atoms with Gasteiger partial charge in [0.05, 0.1) is 25.4 Å². The number of carbonyl (C=O) groups excluding carboxylic acids is 1. The predicted molar refractivity (Wildman–Crippen MR) is 126 cm³/mol. The zero-order valence-corrected chi connectivity index (χ0v) is 19.6. The number of amides is 1. The molecule has 2 aromatic carbocycles. The number of alkyl halides is 3. The van der Waals surface area contributed by atoms with Crippen LogP contribution in [0.15, 0.2) is 59.5 Å². The van der Waals surface area contributed by atoms with Gasteiger partial charge in [-0.15, -0.1) is 0 Å². The van der Waals surface area contributed by atoms with Crippen molar-refractivity contribution < 1.29 is 27.8 Å². The SMILES string of the molecule is COc1ccc(CNC(=O)c2nn(CC3(c4cccc(C(F)(F)F)c4)CCCC3)cc(O)c2=O)cc1. The Hall–Kier alpha value is -3.82. The number of carbonyl (C=O) groups is 1. The molecule has 0 atom stereocenters. The van der Waals surface area contributed by atoms with Crippen molar-refractivity contribution in [1.29, 1.82) is 0 Å². The van der Waals surface area contributed by atoms with Crippen molar-refractivity contribution in [2.75, 3.05) is 7.11 Å². The van der Waals surface area contributed by atoms with Crippen molar-refractivity contribution in [3.8, 4) is 11.5 Å². The lowest BCUT2D eigenvalue weighted by Crippen LogP contribution is -2.34. The summed E-state index contributed by atoms with van der Waals surface area (Å²) in [7, 11) is 1.54. The number of benzene rings is 2. The minimum atomic E-state index is -4.47. The number of ether oxygens (including phenoxy) is 1. The van der Waals surface area contributed by atoms with Crippen molar-refractivity contribution >= 4 is 5.91 Å². The summed E-state index contributed by atoms with van der Waals surface area (Å²) in [5, 5.41) is 17.0. The van der Waals surface area contributed by atoms with Crippen LogP contribution in [0.5, 0.6) is 11.5 Å². The summed E-state index contributed by atoms with van der Waals surface area (Å²) >= 11 is 0. The van der Waals surface area contributed by atoms with Gasteiger partial charge < -0.3 is 15.2 Å². The predicted octanol–water partition coefficient (Wildman–Crippen LogP) is 4.42. The van der Waals surface area contributed by atoms with E-state index < -0.39 is 39.9 Å². The molecule has 4 rings (SSSR count). The molecule has 0 unspecified atom stereocenters. The Morgan fingerprint density at radius 2 is 1.86 bits per heavy atom. The largest absolute Gasteiger partial charge is 0.503 e. The van der Waals surface area contributed by atoms with Gasteiger partial charge in [-0.3, -0.25) is 14.3 Å². The fraction of sp³-hybridized carbons (Fsp3) is 0.346. The third kappa shape index (κ3) is 5.37. The van der Waals surface area contributed by atoms with Gasteiger partial charge in [-0.25, -0.2) is 0 Å². The molecule has 36 heavy (non-hydrogen) atoms. The van der Waals surface area contributed by atoms with Crippen LogP contribution < -0.4 is 15.5 Å². The zero-order chi connectivity index (χ0) is 25.9. The van der Waals surface area contributed by atoms with Crippen LogP contribution in [0.25, 0.3) is 0 Å². The molecule has 0 spiro atoms. The smallest absolute Gasteiger partial charge is 0.416 e. The van der Waals surface area contributed by atoms with Crippen molar-refractivity contribution in [2.45, 2.75) is 50.4 Å². The number of methoxy groups -OCH3 is 1. The van der Waals surface area contributed by atoms with E-state index in [0.717, 1.165) is 36.7 Å². The second-order valence-electron chi connectivity index (χ2n) is 8.99. The Kier molecular flexibility index (Phi) is 7.05. The maximum atomic E-state index is 13.3. The van der Waals surface area contributed by atoms with E-state index in [9.17, 15) is 27.9 Å². The van der Waals surface area contributed by atoms with E-state index in [1.807, 2.05) is 0 Å². The molecule has 0 saturated heterocycles. The number of hydrogen-bond acceptors (Lipinski definition) is 5. The first kappa shape index (κ1) is 25.3. The average Bonchev–Trinajstić information content (AvgIpc) is 3.34. The van der Waals surface area contributed by atoms with Crippen LogP contribution in [0, 0.1) is 0 Å². The van der Waals surface area contributed by atoms with Crippen LogP contribution in [0.1, 0.15) is 52.9 Å². The van der Waals surface area contributed by atoms with E-state index in [1.54, 1.807) is 30.3 Å². The van der Waals surface area contributed by atoms with E-state index in [1.165, 1.54) is 17.9 Å². The molecular weight excluding hydrogens is 475 g/mol. The molecule has 190 valence electrons. The highest BCUT2D eigenvalue weighted by Gasteiger charge is 2.39. The average molecular weight is 502 g/mol. The molecule has 3 aromatic rings. The number of nitrogens with zero attached hydrogens (tertiary/aromatic N) is 2. The number of nitrogens with one attached hydrogen (secondary N) is 1. The monoisotopic (exact) mass is 501 g/mol. The molecule has 10 heteroatoms. The van der Waals surface area contributed by atoms with Crippen LogP contribution in [-0.2, 0) is 24.7 Å². The van der Waals surface area contributed by atoms with Gasteiger partial charge in [0.1, 0.15) is 5.75 Å². The van der Waals surface area contributed by atoms with Gasteiger partial charge in [-0.2, -0.15) is 18.3 Å². The molecule has 1 fully saturated rings. The summed E-state index contributed by atoms with van der Waals surface area (Å²) in [6.45, 7) is 0.231. The van der Waals surface area contributed by atoms with Crippen LogP contribution in [0.3, 0.4) is 0 Å². The lowest BCUT2D eigenvalue weighted by atomic mass is 9.78. The summed E-state index contributed by atoms with van der Waals surface area (Å²) in [6.07, 6.45) is -0.492. The highest BCUT2D eigenvalue weighted by Crippen LogP contribution is 2.44. The second kappa shape index (κ2) is 10.0. The fourth-order valence-corrected chi connectivity index (χ4v) is 4.69. The van der Waals surface area contributed by atoms with Crippen LogP contribution in [0.4, 0.5) is 13.2 Å². The molecule has 1 saturated carbocycles. The minimum Gasteiger partial charge on any atom is -0.503 e. The molecule has 1 heterocycles. The number of rotatable bonds is 7. The van der Waals surface area contributed by atoms with Crippen LogP contribution >= 0.6 is 0 Å². The maximum absolute atomic E-state index is 13.3. The fourth-order valence-electron chi connectivity index (χ4n) is 4.69. The van der Waals surface area contributed by atoms with Crippen LogP contribution in [-0.4, -0.2) is 27.9 Å². The minimum absolute atomic E-state index is 0.112.